The Morgan fingerprint density at radius 3 is 2.70 bits per heavy atom. The molecule has 1 aromatic heterocycles. The van der Waals surface area contributed by atoms with Gasteiger partial charge in [0.1, 0.15) is 11.5 Å². The second-order valence-corrected chi connectivity index (χ2v) is 4.92. The molecular formula is C15H25N3O2. The van der Waals surface area contributed by atoms with Gasteiger partial charge in [0.25, 0.3) is 5.91 Å². The maximum atomic E-state index is 12.2. The van der Waals surface area contributed by atoms with Crippen LogP contribution in [0, 0.1) is 5.92 Å². The number of nitrogens with one attached hydrogen (secondary N) is 2. The molecule has 1 atom stereocenters. The highest BCUT2D eigenvalue weighted by molar-refractivity contribution is 5.92. The van der Waals surface area contributed by atoms with Crippen molar-refractivity contribution in [1.82, 2.24) is 10.3 Å². The zero-order chi connectivity index (χ0) is 15.0. The average molecular weight is 279 g/mol. The smallest absolute Gasteiger partial charge is 0.270 e. The molecule has 5 heteroatoms. The quantitative estimate of drug-likeness (QED) is 0.766. The van der Waals surface area contributed by atoms with Gasteiger partial charge in [-0.15, -0.1) is 0 Å². The lowest BCUT2D eigenvalue weighted by atomic mass is 10.1. The van der Waals surface area contributed by atoms with E-state index in [1.165, 1.54) is 0 Å². The van der Waals surface area contributed by atoms with Gasteiger partial charge >= 0.3 is 0 Å². The molecule has 0 aliphatic rings. The molecule has 0 aliphatic heterocycles. The van der Waals surface area contributed by atoms with Crippen LogP contribution in [0.15, 0.2) is 18.2 Å². The van der Waals surface area contributed by atoms with Crippen LogP contribution in [-0.4, -0.2) is 36.7 Å². The van der Waals surface area contributed by atoms with Gasteiger partial charge in [0.15, 0.2) is 0 Å². The van der Waals surface area contributed by atoms with E-state index >= 15 is 0 Å². The van der Waals surface area contributed by atoms with Crippen molar-refractivity contribution >= 4 is 11.7 Å². The van der Waals surface area contributed by atoms with E-state index in [1.54, 1.807) is 6.07 Å². The van der Waals surface area contributed by atoms with Crippen LogP contribution in [0.5, 0.6) is 0 Å². The molecule has 0 spiro atoms. The zero-order valence-electron chi connectivity index (χ0n) is 12.8. The van der Waals surface area contributed by atoms with Crippen molar-refractivity contribution in [3.8, 4) is 0 Å². The predicted molar refractivity (Wildman–Crippen MR) is 81.0 cm³/mol. The minimum absolute atomic E-state index is 0.00737. The maximum Gasteiger partial charge on any atom is 0.270 e. The molecule has 0 bridgehead atoms. The predicted octanol–water partition coefficient (Wildman–Crippen LogP) is 2.30. The van der Waals surface area contributed by atoms with Crippen LogP contribution in [0.4, 0.5) is 5.82 Å². The number of rotatable bonds is 8. The molecule has 0 saturated heterocycles. The number of anilines is 1. The Hall–Kier alpha value is -1.62. The van der Waals surface area contributed by atoms with Gasteiger partial charge in [-0.3, -0.25) is 4.79 Å². The molecule has 112 valence electrons. The summed E-state index contributed by atoms with van der Waals surface area (Å²) in [7, 11) is 0. The van der Waals surface area contributed by atoms with E-state index in [9.17, 15) is 4.79 Å². The summed E-state index contributed by atoms with van der Waals surface area (Å²) in [6.07, 6.45) is 0. The summed E-state index contributed by atoms with van der Waals surface area (Å²) in [4.78, 5) is 16.5. The number of hydrogen-bond donors (Lipinski definition) is 2. The van der Waals surface area contributed by atoms with Crippen molar-refractivity contribution in [1.29, 1.82) is 0 Å². The summed E-state index contributed by atoms with van der Waals surface area (Å²) in [6, 6.07) is 5.38. The molecule has 1 unspecified atom stereocenters. The van der Waals surface area contributed by atoms with Gasteiger partial charge in [-0.2, -0.15) is 0 Å². The third-order valence-electron chi connectivity index (χ3n) is 2.96. The van der Waals surface area contributed by atoms with E-state index < -0.39 is 0 Å². The van der Waals surface area contributed by atoms with E-state index in [0.29, 0.717) is 30.6 Å². The highest BCUT2D eigenvalue weighted by atomic mass is 16.5. The second-order valence-electron chi connectivity index (χ2n) is 4.92. The lowest BCUT2D eigenvalue weighted by Crippen LogP contribution is -2.42. The number of nitrogens with zero attached hydrogens (tertiary/aromatic N) is 1. The summed E-state index contributed by atoms with van der Waals surface area (Å²) in [5.74, 6) is 0.858. The first-order valence-electron chi connectivity index (χ1n) is 7.18. The average Bonchev–Trinajstić information content (AvgIpc) is 2.43. The molecule has 0 saturated carbocycles. The molecular weight excluding hydrogens is 254 g/mol. The minimum Gasteiger partial charge on any atom is -0.380 e. The van der Waals surface area contributed by atoms with Crippen LogP contribution in [0.3, 0.4) is 0 Å². The van der Waals surface area contributed by atoms with E-state index in [4.69, 9.17) is 4.74 Å². The summed E-state index contributed by atoms with van der Waals surface area (Å²) >= 11 is 0. The summed E-state index contributed by atoms with van der Waals surface area (Å²) in [6.45, 7) is 10.0. The molecule has 1 aromatic rings. The van der Waals surface area contributed by atoms with Crippen molar-refractivity contribution in [3.05, 3.63) is 23.9 Å². The Bertz CT molecular complexity index is 421. The minimum atomic E-state index is -0.164. The number of carbonyl (C=O) groups excluding carboxylic acids is 1. The van der Waals surface area contributed by atoms with Crippen LogP contribution < -0.4 is 10.6 Å². The summed E-state index contributed by atoms with van der Waals surface area (Å²) < 4.78 is 5.41. The van der Waals surface area contributed by atoms with Gasteiger partial charge in [0, 0.05) is 13.2 Å². The first-order valence-corrected chi connectivity index (χ1v) is 7.18. The van der Waals surface area contributed by atoms with Crippen molar-refractivity contribution in [2.24, 2.45) is 5.92 Å². The molecule has 20 heavy (non-hydrogen) atoms. The number of amides is 1. The van der Waals surface area contributed by atoms with E-state index in [-0.39, 0.29) is 11.9 Å². The second kappa shape index (κ2) is 8.53. The van der Waals surface area contributed by atoms with Crippen molar-refractivity contribution in [3.63, 3.8) is 0 Å². The van der Waals surface area contributed by atoms with Crippen molar-refractivity contribution in [2.45, 2.75) is 33.7 Å². The Morgan fingerprint density at radius 1 is 1.35 bits per heavy atom. The van der Waals surface area contributed by atoms with Crippen LogP contribution >= 0.6 is 0 Å². The molecule has 5 nitrogen and oxygen atoms in total. The molecule has 0 aliphatic carbocycles. The Labute approximate surface area is 121 Å². The molecule has 0 fully saturated rings. The van der Waals surface area contributed by atoms with E-state index in [0.717, 1.165) is 6.54 Å². The highest BCUT2D eigenvalue weighted by Crippen LogP contribution is 2.07. The topological polar surface area (TPSA) is 63.2 Å². The SMILES string of the molecule is CCNc1cccc(C(=O)NC(COCC)C(C)C)n1. The normalized spacial score (nSPS) is 12.2. The number of carbonyl (C=O) groups is 1. The van der Waals surface area contributed by atoms with Crippen LogP contribution in [-0.2, 0) is 4.74 Å². The summed E-state index contributed by atoms with van der Waals surface area (Å²) in [5.41, 5.74) is 0.422. The highest BCUT2D eigenvalue weighted by Gasteiger charge is 2.18. The van der Waals surface area contributed by atoms with Gasteiger partial charge < -0.3 is 15.4 Å². The van der Waals surface area contributed by atoms with Gasteiger partial charge in [-0.1, -0.05) is 19.9 Å². The molecule has 0 radical (unpaired) electrons. The van der Waals surface area contributed by atoms with Crippen LogP contribution in [0.1, 0.15) is 38.2 Å². The van der Waals surface area contributed by atoms with Crippen molar-refractivity contribution < 1.29 is 9.53 Å². The van der Waals surface area contributed by atoms with Crippen LogP contribution in [0.2, 0.25) is 0 Å². The van der Waals surface area contributed by atoms with Gasteiger partial charge in [0.05, 0.1) is 12.6 Å². The molecule has 1 heterocycles. The fourth-order valence-electron chi connectivity index (χ4n) is 1.73. The third kappa shape index (κ3) is 5.17. The maximum absolute atomic E-state index is 12.2. The Kier molecular flexibility index (Phi) is 7.01. The Balaban J connectivity index is 2.70. The number of hydrogen-bond acceptors (Lipinski definition) is 4. The van der Waals surface area contributed by atoms with E-state index in [1.807, 2.05) is 26.0 Å². The lowest BCUT2D eigenvalue weighted by molar-refractivity contribution is 0.0802. The number of pyridine rings is 1. The molecule has 1 rings (SSSR count). The molecule has 0 aromatic carbocycles. The first-order chi connectivity index (χ1) is 9.58. The Morgan fingerprint density at radius 2 is 2.10 bits per heavy atom. The van der Waals surface area contributed by atoms with Gasteiger partial charge in [-0.25, -0.2) is 4.98 Å². The fourth-order valence-corrected chi connectivity index (χ4v) is 1.73. The van der Waals surface area contributed by atoms with Crippen LogP contribution in [0.25, 0.3) is 0 Å². The molecule has 1 amide bonds. The van der Waals surface area contributed by atoms with Gasteiger partial charge in [0.2, 0.25) is 0 Å². The van der Waals surface area contributed by atoms with Gasteiger partial charge in [-0.05, 0) is 31.9 Å². The van der Waals surface area contributed by atoms with Crippen molar-refractivity contribution in [2.75, 3.05) is 25.1 Å². The largest absolute Gasteiger partial charge is 0.380 e. The summed E-state index contributed by atoms with van der Waals surface area (Å²) in [5, 5.41) is 6.08. The third-order valence-corrected chi connectivity index (χ3v) is 2.96. The zero-order valence-corrected chi connectivity index (χ0v) is 12.8. The monoisotopic (exact) mass is 279 g/mol. The first kappa shape index (κ1) is 16.4. The standard InChI is InChI=1S/C15H25N3O2/c1-5-16-14-9-7-8-12(17-14)15(19)18-13(11(3)4)10-20-6-2/h7-9,11,13H,5-6,10H2,1-4H3,(H,16,17)(H,18,19). The number of ether oxygens (including phenoxy) is 1. The molecule has 2 N–H and O–H groups in total. The fraction of sp³-hybridized carbons (Fsp3) is 0.600. The van der Waals surface area contributed by atoms with E-state index in [2.05, 4.69) is 29.5 Å². The number of aromatic nitrogens is 1. The lowest BCUT2D eigenvalue weighted by Gasteiger charge is -2.22.